The minimum absolute atomic E-state index is 0.169. The Morgan fingerprint density at radius 2 is 0.829 bits per heavy atom. The minimum atomic E-state index is -0.358. The van der Waals surface area contributed by atoms with Crippen LogP contribution in [0, 0.1) is 5.92 Å². The lowest BCUT2D eigenvalue weighted by Crippen LogP contribution is -2.26. The predicted octanol–water partition coefficient (Wildman–Crippen LogP) is 19.8. The zero-order chi connectivity index (χ0) is 52.1. The van der Waals surface area contributed by atoms with Crippen molar-refractivity contribution in [2.75, 3.05) is 0 Å². The van der Waals surface area contributed by atoms with Crippen LogP contribution < -0.4 is 4.74 Å². The van der Waals surface area contributed by atoms with Crippen LogP contribution in [0.3, 0.4) is 0 Å². The van der Waals surface area contributed by atoms with E-state index in [4.69, 9.17) is 4.74 Å². The second kappa shape index (κ2) is 29.4. The first-order chi connectivity index (χ1) is 32.9. The van der Waals surface area contributed by atoms with Gasteiger partial charge in [-0.3, -0.25) is 4.79 Å². The monoisotopic (exact) mass is 965 g/mol. The van der Waals surface area contributed by atoms with Gasteiger partial charge in [0.25, 0.3) is 0 Å². The third kappa shape index (κ3) is 20.0. The van der Waals surface area contributed by atoms with Crippen molar-refractivity contribution >= 4 is 5.97 Å². The Kier molecular flexibility index (Phi) is 25.7. The Morgan fingerprint density at radius 1 is 0.457 bits per heavy atom. The molecule has 0 fully saturated rings. The number of hydrogen-bond acceptors (Lipinski definition) is 4. The lowest BCUT2D eigenvalue weighted by Gasteiger charge is -2.30. The van der Waals surface area contributed by atoms with Gasteiger partial charge in [0.05, 0.1) is 5.92 Å². The average molecular weight is 966 g/mol. The maximum Gasteiger partial charge on any atom is 0.314 e. The molecule has 0 radical (unpaired) electrons. The molecule has 3 rings (SSSR count). The van der Waals surface area contributed by atoms with Gasteiger partial charge < -0.3 is 14.9 Å². The lowest BCUT2D eigenvalue weighted by atomic mass is 9.77. The van der Waals surface area contributed by atoms with Crippen molar-refractivity contribution < 1.29 is 19.7 Å². The second-order valence-corrected chi connectivity index (χ2v) is 25.7. The van der Waals surface area contributed by atoms with E-state index in [1.807, 2.05) is 0 Å². The Hall–Kier alpha value is -3.27. The van der Waals surface area contributed by atoms with Gasteiger partial charge in [-0.1, -0.05) is 269 Å². The molecular formula is C66H108O4. The molecule has 2 N–H and O–H groups in total. The van der Waals surface area contributed by atoms with Gasteiger partial charge in [0.2, 0.25) is 0 Å². The van der Waals surface area contributed by atoms with Gasteiger partial charge >= 0.3 is 5.97 Å². The molecule has 0 heterocycles. The van der Waals surface area contributed by atoms with Crippen molar-refractivity contribution in [3.63, 3.8) is 0 Å². The summed E-state index contributed by atoms with van der Waals surface area (Å²) in [7, 11) is 0. The van der Waals surface area contributed by atoms with Gasteiger partial charge in [-0.25, -0.2) is 0 Å². The molecule has 0 aliphatic heterocycles. The SMILES string of the molecule is CCCCCCCCCCCCCCCCCCC(Cc1cc(C(C)(C)C)c(O)c(C(C)(C)C)c1)C(=O)Oc1c(C(C)(C)C)ccc(CCCCC)c1Cc1c(CCCCC)ccc(C(C)(C)C)c1O. The van der Waals surface area contributed by atoms with E-state index in [0.29, 0.717) is 30.1 Å². The summed E-state index contributed by atoms with van der Waals surface area (Å²) in [6.45, 7) is 32.9. The molecule has 0 spiro atoms. The molecule has 4 nitrogen and oxygen atoms in total. The number of phenols is 2. The average Bonchev–Trinajstić information content (AvgIpc) is 3.26. The quantitative estimate of drug-likeness (QED) is 0.0383. The third-order valence-electron chi connectivity index (χ3n) is 15.0. The molecule has 0 saturated heterocycles. The number of hydrogen-bond donors (Lipinski definition) is 2. The standard InChI is InChI=1S/C66H108O4/c1-16-19-22-23-24-25-26-27-28-29-30-31-32-33-34-37-40-52(45-49-46-57(65(10,11)12)60(68)58(47-49)66(13,14)15)62(69)70-61-54(51(39-36-21-18-3)42-44-56(61)64(7,8)9)48-53-50(38-35-20-17-2)41-43-55(59(53)67)63(4,5)6/h41-44,46-47,52,67-68H,16-40,45,48H2,1-15H3. The molecule has 396 valence electrons. The predicted molar refractivity (Wildman–Crippen MR) is 304 cm³/mol. The molecule has 0 bridgehead atoms. The maximum absolute atomic E-state index is 15.4. The number of ether oxygens (including phenoxy) is 1. The van der Waals surface area contributed by atoms with Crippen LogP contribution in [0.4, 0.5) is 0 Å². The van der Waals surface area contributed by atoms with Gasteiger partial charge in [-0.15, -0.1) is 0 Å². The number of phenolic OH excluding ortho intramolecular Hbond substituents is 2. The molecule has 70 heavy (non-hydrogen) atoms. The molecule has 0 aliphatic rings. The number of aromatic hydroxyl groups is 2. The van der Waals surface area contributed by atoms with Gasteiger partial charge in [-0.05, 0) is 93.6 Å². The topological polar surface area (TPSA) is 66.8 Å². The molecular weight excluding hydrogens is 857 g/mol. The number of carbonyl (C=O) groups excluding carboxylic acids is 1. The van der Waals surface area contributed by atoms with Crippen LogP contribution in [-0.4, -0.2) is 16.2 Å². The van der Waals surface area contributed by atoms with Crippen molar-refractivity contribution in [1.82, 2.24) is 0 Å². The first-order valence-corrected chi connectivity index (χ1v) is 29.0. The fourth-order valence-corrected chi connectivity index (χ4v) is 10.5. The summed E-state index contributed by atoms with van der Waals surface area (Å²) in [5.74, 6) is 0.922. The van der Waals surface area contributed by atoms with E-state index in [9.17, 15) is 10.2 Å². The van der Waals surface area contributed by atoms with Crippen molar-refractivity contribution in [2.24, 2.45) is 5.92 Å². The summed E-state index contributed by atoms with van der Waals surface area (Å²) < 4.78 is 7.06. The number of carbonyl (C=O) groups is 1. The highest BCUT2D eigenvalue weighted by Gasteiger charge is 2.32. The van der Waals surface area contributed by atoms with E-state index in [1.165, 1.54) is 101 Å². The van der Waals surface area contributed by atoms with Crippen LogP contribution in [0.15, 0.2) is 36.4 Å². The molecule has 0 aromatic heterocycles. The van der Waals surface area contributed by atoms with E-state index >= 15 is 4.79 Å². The molecule has 3 aromatic rings. The van der Waals surface area contributed by atoms with Crippen molar-refractivity contribution in [3.8, 4) is 17.2 Å². The summed E-state index contributed by atoms with van der Waals surface area (Å²) >= 11 is 0. The molecule has 4 heteroatoms. The summed E-state index contributed by atoms with van der Waals surface area (Å²) in [6, 6.07) is 13.2. The molecule has 3 aromatic carbocycles. The molecule has 0 aliphatic carbocycles. The molecule has 0 saturated carbocycles. The van der Waals surface area contributed by atoms with E-state index in [2.05, 4.69) is 140 Å². The van der Waals surface area contributed by atoms with Gasteiger partial charge in [0, 0.05) is 23.1 Å². The first-order valence-electron chi connectivity index (χ1n) is 29.0. The van der Waals surface area contributed by atoms with Crippen LogP contribution in [0.5, 0.6) is 17.2 Å². The second-order valence-electron chi connectivity index (χ2n) is 25.7. The fraction of sp³-hybridized carbons (Fsp3) is 0.712. The van der Waals surface area contributed by atoms with Gasteiger partial charge in [0.15, 0.2) is 0 Å². The van der Waals surface area contributed by atoms with Crippen LogP contribution in [-0.2, 0) is 52.1 Å². The Balaban J connectivity index is 2.04. The summed E-state index contributed by atoms with van der Waals surface area (Å²) in [5, 5.41) is 24.0. The summed E-state index contributed by atoms with van der Waals surface area (Å²) in [6.07, 6.45) is 31.2. The fourth-order valence-electron chi connectivity index (χ4n) is 10.5. The summed E-state index contributed by atoms with van der Waals surface area (Å²) in [5.41, 5.74) is 8.26. The van der Waals surface area contributed by atoms with Crippen molar-refractivity contribution in [2.45, 2.75) is 299 Å². The highest BCUT2D eigenvalue weighted by Crippen LogP contribution is 2.44. The van der Waals surface area contributed by atoms with E-state index in [-0.39, 0.29) is 33.5 Å². The van der Waals surface area contributed by atoms with Crippen molar-refractivity contribution in [3.05, 3.63) is 86.5 Å². The number of unbranched alkanes of at least 4 members (excludes halogenated alkanes) is 19. The third-order valence-corrected chi connectivity index (χ3v) is 15.0. The number of esters is 1. The zero-order valence-electron chi connectivity index (χ0n) is 48.3. The van der Waals surface area contributed by atoms with Gasteiger partial charge in [-0.2, -0.15) is 0 Å². The van der Waals surface area contributed by atoms with E-state index < -0.39 is 0 Å². The molecule has 1 unspecified atom stereocenters. The highest BCUT2D eigenvalue weighted by atomic mass is 16.5. The normalized spacial score (nSPS) is 13.0. The zero-order valence-corrected chi connectivity index (χ0v) is 48.3. The van der Waals surface area contributed by atoms with Crippen LogP contribution in [0.25, 0.3) is 0 Å². The maximum atomic E-state index is 15.4. The largest absolute Gasteiger partial charge is 0.507 e. The van der Waals surface area contributed by atoms with Crippen LogP contribution in [0.1, 0.15) is 302 Å². The molecule has 1 atom stereocenters. The lowest BCUT2D eigenvalue weighted by molar-refractivity contribution is -0.139. The highest BCUT2D eigenvalue weighted by molar-refractivity contribution is 5.77. The van der Waals surface area contributed by atoms with Gasteiger partial charge in [0.1, 0.15) is 17.2 Å². The first kappa shape index (κ1) is 61.0. The molecule has 0 amide bonds. The Labute approximate surface area is 432 Å². The van der Waals surface area contributed by atoms with E-state index in [1.54, 1.807) is 0 Å². The number of aryl methyl sites for hydroxylation is 2. The minimum Gasteiger partial charge on any atom is -0.507 e. The number of rotatable bonds is 31. The summed E-state index contributed by atoms with van der Waals surface area (Å²) in [4.78, 5) is 15.4. The van der Waals surface area contributed by atoms with Crippen molar-refractivity contribution in [1.29, 1.82) is 0 Å². The van der Waals surface area contributed by atoms with Crippen LogP contribution in [0.2, 0.25) is 0 Å². The Morgan fingerprint density at radius 3 is 1.24 bits per heavy atom. The van der Waals surface area contributed by atoms with E-state index in [0.717, 1.165) is 110 Å². The van der Waals surface area contributed by atoms with Crippen LogP contribution >= 0.6 is 0 Å². The smallest absolute Gasteiger partial charge is 0.314 e. The number of benzene rings is 3. The Bertz CT molecular complexity index is 1960.